The first-order valence-corrected chi connectivity index (χ1v) is 5.59. The number of hydrogen-bond acceptors (Lipinski definition) is 2. The quantitative estimate of drug-likeness (QED) is 0.912. The second-order valence-electron chi connectivity index (χ2n) is 3.48. The summed E-state index contributed by atoms with van der Waals surface area (Å²) in [5.74, 6) is -0.0135. The van der Waals surface area contributed by atoms with Gasteiger partial charge in [0.25, 0.3) is 5.91 Å². The molecule has 0 heterocycles. The molecule has 1 unspecified atom stereocenters. The largest absolute Gasteiger partial charge is 0.338 e. The topological polar surface area (TPSA) is 46.3 Å². The molecule has 3 nitrogen and oxygen atoms in total. The van der Waals surface area contributed by atoms with Crippen LogP contribution in [-0.2, 0) is 0 Å². The van der Waals surface area contributed by atoms with E-state index in [1.807, 2.05) is 25.1 Å². The molecule has 1 aromatic rings. The van der Waals surface area contributed by atoms with Crippen molar-refractivity contribution in [3.8, 4) is 0 Å². The highest BCUT2D eigenvalue weighted by atomic mass is 79.9. The molecule has 1 atom stereocenters. The molecule has 4 heteroatoms. The van der Waals surface area contributed by atoms with Crippen molar-refractivity contribution in [2.75, 3.05) is 13.6 Å². The fourth-order valence-electron chi connectivity index (χ4n) is 1.18. The highest BCUT2D eigenvalue weighted by Gasteiger charge is 2.17. The lowest BCUT2D eigenvalue weighted by Gasteiger charge is -2.24. The minimum absolute atomic E-state index is 0.0135. The maximum Gasteiger partial charge on any atom is 0.255 e. The molecule has 15 heavy (non-hydrogen) atoms. The lowest BCUT2D eigenvalue weighted by molar-refractivity contribution is 0.0747. The van der Waals surface area contributed by atoms with Gasteiger partial charge in [-0.25, -0.2) is 0 Å². The Labute approximate surface area is 98.4 Å². The molecule has 2 N–H and O–H groups in total. The number of amides is 1. The average Bonchev–Trinajstić information content (AvgIpc) is 2.26. The van der Waals surface area contributed by atoms with Crippen LogP contribution in [0.15, 0.2) is 28.7 Å². The third-order valence-electron chi connectivity index (χ3n) is 2.43. The Morgan fingerprint density at radius 2 is 2.13 bits per heavy atom. The van der Waals surface area contributed by atoms with Crippen molar-refractivity contribution in [3.05, 3.63) is 34.3 Å². The highest BCUT2D eigenvalue weighted by molar-refractivity contribution is 9.10. The van der Waals surface area contributed by atoms with Gasteiger partial charge in [0.1, 0.15) is 0 Å². The molecule has 0 saturated heterocycles. The van der Waals surface area contributed by atoms with E-state index in [1.54, 1.807) is 18.0 Å². The summed E-state index contributed by atoms with van der Waals surface area (Å²) in [6.07, 6.45) is 0. The number of nitrogens with zero attached hydrogens (tertiary/aromatic N) is 1. The molecule has 0 bridgehead atoms. The summed E-state index contributed by atoms with van der Waals surface area (Å²) in [5, 5.41) is 0. The fraction of sp³-hybridized carbons (Fsp3) is 0.364. The molecule has 1 aromatic carbocycles. The molecule has 0 saturated carbocycles. The van der Waals surface area contributed by atoms with E-state index in [4.69, 9.17) is 5.73 Å². The van der Waals surface area contributed by atoms with Gasteiger partial charge in [0.05, 0.1) is 5.56 Å². The zero-order valence-electron chi connectivity index (χ0n) is 8.90. The van der Waals surface area contributed by atoms with Crippen LogP contribution in [-0.4, -0.2) is 30.4 Å². The van der Waals surface area contributed by atoms with Gasteiger partial charge in [0.2, 0.25) is 0 Å². The van der Waals surface area contributed by atoms with Crippen LogP contribution in [0.4, 0.5) is 0 Å². The Balaban J connectivity index is 2.90. The normalized spacial score (nSPS) is 12.3. The lowest BCUT2D eigenvalue weighted by atomic mass is 10.2. The van der Waals surface area contributed by atoms with Crippen molar-refractivity contribution in [1.82, 2.24) is 4.90 Å². The van der Waals surface area contributed by atoms with E-state index in [9.17, 15) is 4.79 Å². The van der Waals surface area contributed by atoms with E-state index < -0.39 is 0 Å². The first-order valence-electron chi connectivity index (χ1n) is 4.79. The summed E-state index contributed by atoms with van der Waals surface area (Å²) in [4.78, 5) is 13.7. The lowest BCUT2D eigenvalue weighted by Crippen LogP contribution is -2.39. The summed E-state index contributed by atoms with van der Waals surface area (Å²) in [6, 6.07) is 7.43. The predicted octanol–water partition coefficient (Wildman–Crippen LogP) is 1.87. The maximum atomic E-state index is 12.0. The number of hydrogen-bond donors (Lipinski definition) is 1. The number of nitrogens with two attached hydrogens (primary N) is 1. The second-order valence-corrected chi connectivity index (χ2v) is 4.33. The minimum atomic E-state index is -0.0135. The summed E-state index contributed by atoms with van der Waals surface area (Å²) in [7, 11) is 1.76. The van der Waals surface area contributed by atoms with E-state index >= 15 is 0 Å². The van der Waals surface area contributed by atoms with E-state index in [-0.39, 0.29) is 11.9 Å². The van der Waals surface area contributed by atoms with Crippen molar-refractivity contribution in [3.63, 3.8) is 0 Å². The third-order valence-corrected chi connectivity index (χ3v) is 3.12. The molecular weight excluding hydrogens is 256 g/mol. The van der Waals surface area contributed by atoms with Crippen LogP contribution in [0.1, 0.15) is 17.3 Å². The Bertz CT molecular complexity index is 354. The second kappa shape index (κ2) is 5.28. The van der Waals surface area contributed by atoms with Gasteiger partial charge in [0, 0.05) is 24.1 Å². The zero-order chi connectivity index (χ0) is 11.4. The van der Waals surface area contributed by atoms with Crippen LogP contribution in [0, 0.1) is 0 Å². The number of halogens is 1. The molecule has 0 aliphatic rings. The molecule has 0 aromatic heterocycles. The summed E-state index contributed by atoms with van der Waals surface area (Å²) < 4.78 is 0.811. The Hall–Kier alpha value is -0.870. The molecule has 1 rings (SSSR count). The Morgan fingerprint density at radius 1 is 1.53 bits per heavy atom. The third kappa shape index (κ3) is 2.79. The van der Waals surface area contributed by atoms with Crippen LogP contribution < -0.4 is 5.73 Å². The van der Waals surface area contributed by atoms with E-state index in [2.05, 4.69) is 15.9 Å². The fourth-order valence-corrected chi connectivity index (χ4v) is 1.64. The van der Waals surface area contributed by atoms with Gasteiger partial charge in [-0.05, 0) is 35.0 Å². The number of rotatable bonds is 3. The van der Waals surface area contributed by atoms with E-state index in [1.165, 1.54) is 0 Å². The average molecular weight is 271 g/mol. The molecule has 0 spiro atoms. The number of carbonyl (C=O) groups is 1. The molecule has 1 amide bonds. The van der Waals surface area contributed by atoms with Crippen LogP contribution in [0.25, 0.3) is 0 Å². The van der Waals surface area contributed by atoms with E-state index in [0.717, 1.165) is 4.47 Å². The van der Waals surface area contributed by atoms with Crippen molar-refractivity contribution < 1.29 is 4.79 Å². The summed E-state index contributed by atoms with van der Waals surface area (Å²) in [5.41, 5.74) is 6.19. The number of benzene rings is 1. The summed E-state index contributed by atoms with van der Waals surface area (Å²) in [6.45, 7) is 2.39. The molecule has 0 fully saturated rings. The van der Waals surface area contributed by atoms with Crippen molar-refractivity contribution in [2.24, 2.45) is 5.73 Å². The van der Waals surface area contributed by atoms with Crippen LogP contribution in [0.5, 0.6) is 0 Å². The molecule has 0 radical (unpaired) electrons. The van der Waals surface area contributed by atoms with Gasteiger partial charge in [0.15, 0.2) is 0 Å². The predicted molar refractivity (Wildman–Crippen MR) is 64.8 cm³/mol. The zero-order valence-corrected chi connectivity index (χ0v) is 10.5. The minimum Gasteiger partial charge on any atom is -0.338 e. The van der Waals surface area contributed by atoms with Gasteiger partial charge < -0.3 is 10.6 Å². The molecular formula is C11H15BrN2O. The highest BCUT2D eigenvalue weighted by Crippen LogP contribution is 2.17. The molecule has 0 aliphatic heterocycles. The van der Waals surface area contributed by atoms with Gasteiger partial charge >= 0.3 is 0 Å². The Kier molecular flexibility index (Phi) is 4.29. The first kappa shape index (κ1) is 12.2. The molecule has 82 valence electrons. The summed E-state index contributed by atoms with van der Waals surface area (Å²) >= 11 is 3.36. The van der Waals surface area contributed by atoms with Gasteiger partial charge in [-0.15, -0.1) is 0 Å². The maximum absolute atomic E-state index is 12.0. The number of carbonyl (C=O) groups excluding carboxylic acids is 1. The van der Waals surface area contributed by atoms with Gasteiger partial charge in [-0.2, -0.15) is 0 Å². The first-order chi connectivity index (χ1) is 7.07. The monoisotopic (exact) mass is 270 g/mol. The SMILES string of the molecule is CC(CN)N(C)C(=O)c1ccccc1Br. The smallest absolute Gasteiger partial charge is 0.255 e. The van der Waals surface area contributed by atoms with Crippen molar-refractivity contribution in [1.29, 1.82) is 0 Å². The van der Waals surface area contributed by atoms with Gasteiger partial charge in [-0.3, -0.25) is 4.79 Å². The van der Waals surface area contributed by atoms with Gasteiger partial charge in [-0.1, -0.05) is 12.1 Å². The van der Waals surface area contributed by atoms with Crippen LogP contribution in [0.3, 0.4) is 0 Å². The molecule has 0 aliphatic carbocycles. The number of likely N-dealkylation sites (N-methyl/N-ethyl adjacent to an activating group) is 1. The van der Waals surface area contributed by atoms with Crippen LogP contribution >= 0.6 is 15.9 Å². The van der Waals surface area contributed by atoms with E-state index in [0.29, 0.717) is 12.1 Å². The van der Waals surface area contributed by atoms with Crippen molar-refractivity contribution >= 4 is 21.8 Å². The van der Waals surface area contributed by atoms with Crippen LogP contribution in [0.2, 0.25) is 0 Å². The standard InChI is InChI=1S/C11H15BrN2O/c1-8(7-13)14(2)11(15)9-5-3-4-6-10(9)12/h3-6,8H,7,13H2,1-2H3. The Morgan fingerprint density at radius 3 is 2.67 bits per heavy atom. The van der Waals surface area contributed by atoms with Crippen molar-refractivity contribution in [2.45, 2.75) is 13.0 Å².